The quantitative estimate of drug-likeness (QED) is 0.817. The summed E-state index contributed by atoms with van der Waals surface area (Å²) < 4.78 is 2.27. The van der Waals surface area contributed by atoms with E-state index in [-0.39, 0.29) is 22.9 Å². The lowest BCUT2D eigenvalue weighted by molar-refractivity contribution is 0.0950. The van der Waals surface area contributed by atoms with E-state index in [1.54, 1.807) is 0 Å². The Morgan fingerprint density at radius 2 is 2.10 bits per heavy atom. The fraction of sp³-hybridized carbons (Fsp3) is 0.583. The summed E-state index contributed by atoms with van der Waals surface area (Å²) in [5, 5.41) is 10.2. The van der Waals surface area contributed by atoms with Gasteiger partial charge >= 0.3 is 5.69 Å². The molecule has 2 aromatic rings. The highest BCUT2D eigenvalue weighted by Crippen LogP contribution is 2.02. The van der Waals surface area contributed by atoms with Crippen LogP contribution in [0.15, 0.2) is 11.1 Å². The minimum absolute atomic E-state index is 0.122. The van der Waals surface area contributed by atoms with Gasteiger partial charge in [-0.2, -0.15) is 4.68 Å². The molecule has 2 rings (SSSR count). The molecule has 0 atom stereocenters. The van der Waals surface area contributed by atoms with E-state index >= 15 is 0 Å². The summed E-state index contributed by atoms with van der Waals surface area (Å²) in [6.45, 7) is 6.61. The number of rotatable bonds is 4. The molecule has 1 N–H and O–H groups in total. The maximum atomic E-state index is 11.8. The zero-order chi connectivity index (χ0) is 15.1. The predicted octanol–water partition coefficient (Wildman–Crippen LogP) is 0.379. The third kappa shape index (κ3) is 3.19. The number of nitrogens with zero attached hydrogens (tertiary/aromatic N) is 5. The highest BCUT2D eigenvalue weighted by Gasteiger charge is 2.16. The highest BCUT2D eigenvalue weighted by atomic mass is 16.2. The Labute approximate surface area is 116 Å². The first-order valence-corrected chi connectivity index (χ1v) is 6.70. The molecule has 0 unspecified atom stereocenters. The Bertz CT molecular complexity index is 630. The number of nitrogens with one attached hydrogen (secondary N) is 1. The minimum Gasteiger partial charge on any atom is -0.351 e. The number of hydrogen-bond donors (Lipinski definition) is 1. The SMILES string of the molecule is CC.CCCCNC(=O)c1ncn2c(=O)n(C)nnc12. The summed E-state index contributed by atoms with van der Waals surface area (Å²) in [6, 6.07) is 0. The van der Waals surface area contributed by atoms with E-state index in [4.69, 9.17) is 0 Å². The van der Waals surface area contributed by atoms with Gasteiger partial charge in [0.1, 0.15) is 6.33 Å². The number of imidazole rings is 1. The maximum absolute atomic E-state index is 11.8. The molecule has 0 aliphatic carbocycles. The number of aromatic nitrogens is 5. The standard InChI is InChI=1S/C10H14N6O2.C2H6/c1-3-4-5-11-9(17)7-8-13-14-15(2)10(18)16(8)6-12-7;1-2/h6H,3-5H2,1-2H3,(H,11,17);1-2H3. The molecule has 0 spiro atoms. The van der Waals surface area contributed by atoms with Gasteiger partial charge in [-0.3, -0.25) is 4.79 Å². The number of hydrogen-bond acceptors (Lipinski definition) is 5. The molecule has 20 heavy (non-hydrogen) atoms. The molecule has 0 aliphatic heterocycles. The Hall–Kier alpha value is -2.25. The summed E-state index contributed by atoms with van der Waals surface area (Å²) in [7, 11) is 1.48. The molecule has 0 aliphatic rings. The topological polar surface area (TPSA) is 94.2 Å². The van der Waals surface area contributed by atoms with Crippen LogP contribution in [-0.2, 0) is 7.05 Å². The van der Waals surface area contributed by atoms with Gasteiger partial charge in [-0.1, -0.05) is 32.4 Å². The number of carbonyl (C=O) groups is 1. The van der Waals surface area contributed by atoms with E-state index in [1.165, 1.54) is 17.8 Å². The third-order valence-corrected chi connectivity index (χ3v) is 2.53. The van der Waals surface area contributed by atoms with Crippen LogP contribution in [0.3, 0.4) is 0 Å². The molecule has 8 heteroatoms. The van der Waals surface area contributed by atoms with E-state index in [0.29, 0.717) is 6.54 Å². The fourth-order valence-corrected chi connectivity index (χ4v) is 1.50. The van der Waals surface area contributed by atoms with Crippen molar-refractivity contribution in [2.24, 2.45) is 7.05 Å². The van der Waals surface area contributed by atoms with Crippen molar-refractivity contribution in [2.75, 3.05) is 6.54 Å². The lowest BCUT2D eigenvalue weighted by Crippen LogP contribution is -2.29. The van der Waals surface area contributed by atoms with Crippen LogP contribution in [0.1, 0.15) is 44.1 Å². The van der Waals surface area contributed by atoms with Crippen molar-refractivity contribution in [1.82, 2.24) is 29.7 Å². The Kier molecular flexibility index (Phi) is 5.82. The van der Waals surface area contributed by atoms with E-state index in [0.717, 1.165) is 17.5 Å². The van der Waals surface area contributed by atoms with Crippen LogP contribution in [-0.4, -0.2) is 36.8 Å². The number of fused-ring (bicyclic) bond motifs is 1. The van der Waals surface area contributed by atoms with Gasteiger partial charge < -0.3 is 5.32 Å². The van der Waals surface area contributed by atoms with Gasteiger partial charge in [0.05, 0.1) is 0 Å². The van der Waals surface area contributed by atoms with Gasteiger partial charge in [0.15, 0.2) is 11.3 Å². The molecule has 0 fully saturated rings. The van der Waals surface area contributed by atoms with Crippen LogP contribution >= 0.6 is 0 Å². The molecule has 110 valence electrons. The second-order valence-electron chi connectivity index (χ2n) is 3.89. The van der Waals surface area contributed by atoms with Gasteiger partial charge in [0.2, 0.25) is 0 Å². The molecular weight excluding hydrogens is 260 g/mol. The van der Waals surface area contributed by atoms with Crippen molar-refractivity contribution < 1.29 is 4.79 Å². The summed E-state index contributed by atoms with van der Waals surface area (Å²) in [6.07, 6.45) is 3.16. The minimum atomic E-state index is -0.389. The van der Waals surface area contributed by atoms with Gasteiger partial charge in [0, 0.05) is 13.6 Å². The zero-order valence-electron chi connectivity index (χ0n) is 12.3. The second-order valence-corrected chi connectivity index (χ2v) is 3.89. The zero-order valence-corrected chi connectivity index (χ0v) is 12.3. The van der Waals surface area contributed by atoms with Crippen LogP contribution in [0.25, 0.3) is 5.65 Å². The molecular formula is C12H20N6O2. The number of amides is 1. The van der Waals surface area contributed by atoms with Gasteiger partial charge in [0.25, 0.3) is 5.91 Å². The first kappa shape index (κ1) is 15.8. The summed E-state index contributed by atoms with van der Waals surface area (Å²) in [5.74, 6) is -0.339. The Balaban J connectivity index is 0.000000956. The van der Waals surface area contributed by atoms with E-state index in [2.05, 4.69) is 20.6 Å². The first-order valence-electron chi connectivity index (χ1n) is 6.70. The smallest absolute Gasteiger partial charge is 0.351 e. The molecule has 0 saturated carbocycles. The van der Waals surface area contributed by atoms with Crippen molar-refractivity contribution in [3.8, 4) is 0 Å². The molecule has 0 radical (unpaired) electrons. The van der Waals surface area contributed by atoms with E-state index in [1.807, 2.05) is 20.8 Å². The van der Waals surface area contributed by atoms with Crippen molar-refractivity contribution in [3.63, 3.8) is 0 Å². The average molecular weight is 280 g/mol. The number of unbranched alkanes of at least 4 members (excludes halogenated alkanes) is 1. The van der Waals surface area contributed by atoms with Crippen LogP contribution in [0, 0.1) is 0 Å². The Morgan fingerprint density at radius 1 is 1.40 bits per heavy atom. The van der Waals surface area contributed by atoms with E-state index < -0.39 is 0 Å². The van der Waals surface area contributed by atoms with Gasteiger partial charge in [-0.25, -0.2) is 14.2 Å². The molecule has 0 bridgehead atoms. The molecule has 0 saturated heterocycles. The van der Waals surface area contributed by atoms with Crippen molar-refractivity contribution in [3.05, 3.63) is 22.5 Å². The van der Waals surface area contributed by atoms with Crippen LogP contribution in [0.4, 0.5) is 0 Å². The Morgan fingerprint density at radius 3 is 2.75 bits per heavy atom. The largest absolute Gasteiger partial charge is 0.352 e. The maximum Gasteiger partial charge on any atom is 0.352 e. The summed E-state index contributed by atoms with van der Waals surface area (Å²) in [4.78, 5) is 27.4. The normalized spacial score (nSPS) is 10.0. The van der Waals surface area contributed by atoms with Crippen LogP contribution in [0.5, 0.6) is 0 Å². The molecule has 2 aromatic heterocycles. The fourth-order valence-electron chi connectivity index (χ4n) is 1.50. The molecule has 2 heterocycles. The summed E-state index contributed by atoms with van der Waals surface area (Å²) in [5.41, 5.74) is -0.0940. The molecule has 0 aromatic carbocycles. The third-order valence-electron chi connectivity index (χ3n) is 2.53. The monoisotopic (exact) mass is 280 g/mol. The first-order chi connectivity index (χ1) is 9.65. The van der Waals surface area contributed by atoms with Gasteiger partial charge in [-0.15, -0.1) is 5.10 Å². The van der Waals surface area contributed by atoms with Crippen molar-refractivity contribution in [1.29, 1.82) is 0 Å². The second kappa shape index (κ2) is 7.37. The summed E-state index contributed by atoms with van der Waals surface area (Å²) >= 11 is 0. The van der Waals surface area contributed by atoms with Crippen LogP contribution in [0.2, 0.25) is 0 Å². The van der Waals surface area contributed by atoms with Crippen LogP contribution < -0.4 is 11.0 Å². The van der Waals surface area contributed by atoms with E-state index in [9.17, 15) is 9.59 Å². The molecule has 8 nitrogen and oxygen atoms in total. The van der Waals surface area contributed by atoms with Crippen molar-refractivity contribution in [2.45, 2.75) is 33.6 Å². The molecule has 1 amide bonds. The highest BCUT2D eigenvalue weighted by molar-refractivity contribution is 5.97. The number of aryl methyl sites for hydroxylation is 1. The average Bonchev–Trinajstić information content (AvgIpc) is 2.90. The predicted molar refractivity (Wildman–Crippen MR) is 74.6 cm³/mol. The van der Waals surface area contributed by atoms with Crippen molar-refractivity contribution >= 4 is 11.6 Å². The lowest BCUT2D eigenvalue weighted by Gasteiger charge is -2.01. The van der Waals surface area contributed by atoms with Gasteiger partial charge in [-0.05, 0) is 6.42 Å². The number of carbonyl (C=O) groups excluding carboxylic acids is 1. The lowest BCUT2D eigenvalue weighted by atomic mass is 10.3.